The van der Waals surface area contributed by atoms with Gasteiger partial charge in [0.2, 0.25) is 5.91 Å². The second-order valence-corrected chi connectivity index (χ2v) is 8.58. The van der Waals surface area contributed by atoms with E-state index in [9.17, 15) is 4.79 Å². The molecule has 28 heavy (non-hydrogen) atoms. The maximum absolute atomic E-state index is 13.2. The lowest BCUT2D eigenvalue weighted by atomic mass is 10.0. The van der Waals surface area contributed by atoms with Crippen molar-refractivity contribution >= 4 is 5.91 Å². The average Bonchev–Trinajstić information content (AvgIpc) is 3.53. The quantitative estimate of drug-likeness (QED) is 0.748. The maximum Gasteiger partial charge on any atom is 0.244 e. The first-order valence-corrected chi connectivity index (χ1v) is 10.2. The van der Waals surface area contributed by atoms with Crippen molar-refractivity contribution in [1.82, 2.24) is 9.80 Å². The Morgan fingerprint density at radius 1 is 1.00 bits per heavy atom. The van der Waals surface area contributed by atoms with Crippen molar-refractivity contribution < 1.29 is 9.53 Å². The third-order valence-corrected chi connectivity index (χ3v) is 6.41. The van der Waals surface area contributed by atoms with Crippen molar-refractivity contribution in [1.29, 1.82) is 0 Å². The Morgan fingerprint density at radius 2 is 1.61 bits per heavy atom. The van der Waals surface area contributed by atoms with E-state index in [0.29, 0.717) is 6.54 Å². The number of methoxy groups -OCH3 is 1. The van der Waals surface area contributed by atoms with Crippen LogP contribution in [0.2, 0.25) is 0 Å². The van der Waals surface area contributed by atoms with Gasteiger partial charge in [-0.25, -0.2) is 0 Å². The van der Waals surface area contributed by atoms with Gasteiger partial charge in [-0.3, -0.25) is 9.69 Å². The van der Waals surface area contributed by atoms with Gasteiger partial charge in [-0.15, -0.1) is 0 Å². The van der Waals surface area contributed by atoms with Gasteiger partial charge in [0, 0.05) is 6.54 Å². The summed E-state index contributed by atoms with van der Waals surface area (Å²) in [4.78, 5) is 17.4. The summed E-state index contributed by atoms with van der Waals surface area (Å²) in [6, 6.07) is 17.0. The minimum atomic E-state index is -0.500. The van der Waals surface area contributed by atoms with E-state index in [2.05, 4.69) is 48.3 Å². The Labute approximate surface area is 168 Å². The SMILES string of the molecule is COc1ccc(CCN2C(=O)C(C)(C)N(C)C2c2ccc(C3CC3)cc2)cc1. The van der Waals surface area contributed by atoms with E-state index in [1.807, 2.05) is 30.9 Å². The zero-order valence-electron chi connectivity index (χ0n) is 17.3. The van der Waals surface area contributed by atoms with Crippen LogP contribution in [0.25, 0.3) is 0 Å². The standard InChI is InChI=1S/C24H30N2O2/c1-24(2)23(27)26(16-15-17-5-13-21(28-4)14-6-17)22(25(24)3)20-11-9-19(10-12-20)18-7-8-18/h5-6,9-14,18,22H,7-8,15-16H2,1-4H3. The van der Waals surface area contributed by atoms with Gasteiger partial charge in [-0.1, -0.05) is 36.4 Å². The molecule has 0 N–H and O–H groups in total. The summed E-state index contributed by atoms with van der Waals surface area (Å²) in [7, 11) is 3.74. The van der Waals surface area contributed by atoms with Gasteiger partial charge >= 0.3 is 0 Å². The average molecular weight is 379 g/mol. The van der Waals surface area contributed by atoms with Crippen molar-refractivity contribution in [3.63, 3.8) is 0 Å². The highest BCUT2D eigenvalue weighted by molar-refractivity contribution is 5.88. The summed E-state index contributed by atoms with van der Waals surface area (Å²) in [5.41, 5.74) is 3.34. The molecule has 1 aliphatic heterocycles. The molecule has 0 radical (unpaired) electrons. The number of rotatable bonds is 6. The number of carbonyl (C=O) groups excluding carboxylic acids is 1. The third kappa shape index (κ3) is 3.42. The molecule has 148 valence electrons. The predicted molar refractivity (Wildman–Crippen MR) is 111 cm³/mol. The third-order valence-electron chi connectivity index (χ3n) is 6.41. The molecule has 4 heteroatoms. The number of nitrogens with zero attached hydrogens (tertiary/aromatic N) is 2. The largest absolute Gasteiger partial charge is 0.497 e. The second-order valence-electron chi connectivity index (χ2n) is 8.58. The minimum Gasteiger partial charge on any atom is -0.497 e. The molecule has 1 amide bonds. The fraction of sp³-hybridized carbons (Fsp3) is 0.458. The molecule has 2 aromatic rings. The molecule has 0 bridgehead atoms. The Morgan fingerprint density at radius 3 is 2.18 bits per heavy atom. The Bertz CT molecular complexity index is 838. The molecule has 0 aromatic heterocycles. The van der Waals surface area contributed by atoms with Crippen LogP contribution in [0.1, 0.15) is 55.5 Å². The number of carbonyl (C=O) groups is 1. The highest BCUT2D eigenvalue weighted by atomic mass is 16.5. The summed E-state index contributed by atoms with van der Waals surface area (Å²) < 4.78 is 5.24. The van der Waals surface area contributed by atoms with E-state index in [1.165, 1.54) is 29.5 Å². The molecule has 4 nitrogen and oxygen atoms in total. The maximum atomic E-state index is 13.2. The highest BCUT2D eigenvalue weighted by Gasteiger charge is 2.49. The topological polar surface area (TPSA) is 32.8 Å². The van der Waals surface area contributed by atoms with Gasteiger partial charge in [-0.2, -0.15) is 0 Å². The first-order valence-electron chi connectivity index (χ1n) is 10.2. The Kier molecular flexibility index (Phi) is 4.92. The fourth-order valence-corrected chi connectivity index (χ4v) is 4.15. The molecule has 1 unspecified atom stereocenters. The van der Waals surface area contributed by atoms with Gasteiger partial charge in [0.15, 0.2) is 0 Å². The molecular weight excluding hydrogens is 348 g/mol. The van der Waals surface area contributed by atoms with Crippen LogP contribution in [-0.2, 0) is 11.2 Å². The first-order chi connectivity index (χ1) is 13.4. The molecule has 1 saturated heterocycles. The van der Waals surface area contributed by atoms with Crippen molar-refractivity contribution in [2.24, 2.45) is 0 Å². The van der Waals surface area contributed by atoms with E-state index in [-0.39, 0.29) is 12.1 Å². The van der Waals surface area contributed by atoms with E-state index in [0.717, 1.165) is 18.1 Å². The number of hydrogen-bond acceptors (Lipinski definition) is 3. The van der Waals surface area contributed by atoms with E-state index in [4.69, 9.17) is 4.74 Å². The lowest BCUT2D eigenvalue weighted by Gasteiger charge is -2.30. The predicted octanol–water partition coefficient (Wildman–Crippen LogP) is 4.37. The molecule has 1 saturated carbocycles. The minimum absolute atomic E-state index is 0.0194. The van der Waals surface area contributed by atoms with Gasteiger partial charge in [0.1, 0.15) is 11.9 Å². The number of likely N-dealkylation sites (N-methyl/N-ethyl adjacent to an activating group) is 1. The lowest BCUT2D eigenvalue weighted by Crippen LogP contribution is -2.41. The van der Waals surface area contributed by atoms with Crippen LogP contribution < -0.4 is 4.74 Å². The molecule has 2 aromatic carbocycles. The van der Waals surface area contributed by atoms with E-state index >= 15 is 0 Å². The molecule has 1 heterocycles. The Balaban J connectivity index is 1.55. The summed E-state index contributed by atoms with van der Waals surface area (Å²) >= 11 is 0. The van der Waals surface area contributed by atoms with E-state index in [1.54, 1.807) is 7.11 Å². The van der Waals surface area contributed by atoms with Gasteiger partial charge in [-0.05, 0) is 74.9 Å². The van der Waals surface area contributed by atoms with E-state index < -0.39 is 5.54 Å². The zero-order chi connectivity index (χ0) is 19.9. The first kappa shape index (κ1) is 19.0. The number of amides is 1. The monoisotopic (exact) mass is 378 g/mol. The van der Waals surface area contributed by atoms with Crippen LogP contribution in [0.15, 0.2) is 48.5 Å². The van der Waals surface area contributed by atoms with Crippen LogP contribution in [-0.4, -0.2) is 41.9 Å². The van der Waals surface area contributed by atoms with Crippen LogP contribution in [0.4, 0.5) is 0 Å². The van der Waals surface area contributed by atoms with Crippen LogP contribution in [0, 0.1) is 0 Å². The van der Waals surface area contributed by atoms with Crippen molar-refractivity contribution in [2.45, 2.75) is 50.7 Å². The fourth-order valence-electron chi connectivity index (χ4n) is 4.15. The summed E-state index contributed by atoms with van der Waals surface area (Å²) in [5.74, 6) is 1.80. The Hall–Kier alpha value is -2.33. The smallest absolute Gasteiger partial charge is 0.244 e. The normalized spacial score (nSPS) is 21.9. The summed E-state index contributed by atoms with van der Waals surface area (Å²) in [6.45, 7) is 4.75. The molecule has 4 rings (SSSR count). The van der Waals surface area contributed by atoms with Gasteiger partial charge in [0.25, 0.3) is 0 Å². The second kappa shape index (κ2) is 7.25. The van der Waals surface area contributed by atoms with Gasteiger partial charge < -0.3 is 9.64 Å². The van der Waals surface area contributed by atoms with Crippen LogP contribution in [0.3, 0.4) is 0 Å². The molecule has 2 aliphatic rings. The number of benzene rings is 2. The summed E-state index contributed by atoms with van der Waals surface area (Å²) in [6.07, 6.45) is 3.43. The lowest BCUT2D eigenvalue weighted by molar-refractivity contribution is -0.132. The molecule has 2 fully saturated rings. The van der Waals surface area contributed by atoms with Crippen molar-refractivity contribution in [3.05, 3.63) is 65.2 Å². The highest BCUT2D eigenvalue weighted by Crippen LogP contribution is 2.42. The van der Waals surface area contributed by atoms with Crippen LogP contribution in [0.5, 0.6) is 5.75 Å². The van der Waals surface area contributed by atoms with Crippen molar-refractivity contribution in [3.8, 4) is 5.75 Å². The number of hydrogen-bond donors (Lipinski definition) is 0. The zero-order valence-corrected chi connectivity index (χ0v) is 17.3. The van der Waals surface area contributed by atoms with Crippen molar-refractivity contribution in [2.75, 3.05) is 20.7 Å². The van der Waals surface area contributed by atoms with Crippen LogP contribution >= 0.6 is 0 Å². The number of ether oxygens (including phenoxy) is 1. The van der Waals surface area contributed by atoms with Gasteiger partial charge in [0.05, 0.1) is 12.6 Å². The molecule has 1 atom stereocenters. The summed E-state index contributed by atoms with van der Waals surface area (Å²) in [5, 5.41) is 0. The molecular formula is C24H30N2O2. The molecule has 1 aliphatic carbocycles. The molecule has 0 spiro atoms.